The van der Waals surface area contributed by atoms with E-state index in [1.165, 1.54) is 25.9 Å². The minimum atomic E-state index is 0.215. The number of carbonyl (C=O) groups excluding carboxylic acids is 1. The second-order valence-corrected chi connectivity index (χ2v) is 5.50. The van der Waals surface area contributed by atoms with E-state index in [0.717, 1.165) is 19.6 Å². The molecule has 2 fully saturated rings. The number of rotatable bonds is 2. The van der Waals surface area contributed by atoms with Gasteiger partial charge in [-0.3, -0.25) is 9.69 Å². The molecule has 2 aliphatic heterocycles. The van der Waals surface area contributed by atoms with Gasteiger partial charge in [0.2, 0.25) is 5.91 Å². The van der Waals surface area contributed by atoms with Crippen molar-refractivity contribution in [1.82, 2.24) is 15.1 Å². The summed E-state index contributed by atoms with van der Waals surface area (Å²) in [6, 6.07) is 1.36. The van der Waals surface area contributed by atoms with Crippen LogP contribution < -0.4 is 5.32 Å². The summed E-state index contributed by atoms with van der Waals surface area (Å²) in [6.45, 7) is 9.75. The second-order valence-electron chi connectivity index (χ2n) is 5.50. The van der Waals surface area contributed by atoms with Crippen LogP contribution in [0.5, 0.6) is 0 Å². The number of amides is 1. The van der Waals surface area contributed by atoms with Crippen molar-refractivity contribution in [1.29, 1.82) is 0 Å². The van der Waals surface area contributed by atoms with Crippen molar-refractivity contribution in [3.05, 3.63) is 0 Å². The molecule has 0 aliphatic carbocycles. The first kappa shape index (κ1) is 12.8. The van der Waals surface area contributed by atoms with Crippen LogP contribution in [0.3, 0.4) is 0 Å². The van der Waals surface area contributed by atoms with Gasteiger partial charge in [0.1, 0.15) is 0 Å². The summed E-state index contributed by atoms with van der Waals surface area (Å²) in [5.41, 5.74) is 0. The number of nitrogens with zero attached hydrogens (tertiary/aromatic N) is 2. The van der Waals surface area contributed by atoms with Crippen molar-refractivity contribution in [3.63, 3.8) is 0 Å². The van der Waals surface area contributed by atoms with Crippen molar-refractivity contribution in [2.75, 3.05) is 32.7 Å². The summed E-state index contributed by atoms with van der Waals surface area (Å²) in [6.07, 6.45) is 3.18. The third kappa shape index (κ3) is 3.42. The van der Waals surface area contributed by atoms with Crippen LogP contribution in [0.1, 0.15) is 33.1 Å². The normalized spacial score (nSPS) is 25.9. The fraction of sp³-hybridized carbons (Fsp3) is 0.923. The Labute approximate surface area is 104 Å². The maximum atomic E-state index is 11.3. The molecular formula is C13H25N3O. The minimum Gasteiger partial charge on any atom is -0.355 e. The molecule has 4 nitrogen and oxygen atoms in total. The highest BCUT2D eigenvalue weighted by molar-refractivity contribution is 5.76. The van der Waals surface area contributed by atoms with E-state index in [-0.39, 0.29) is 5.91 Å². The molecule has 0 aromatic rings. The molecule has 2 heterocycles. The molecule has 17 heavy (non-hydrogen) atoms. The summed E-state index contributed by atoms with van der Waals surface area (Å²) < 4.78 is 0. The quantitative estimate of drug-likeness (QED) is 0.770. The summed E-state index contributed by atoms with van der Waals surface area (Å²) >= 11 is 0. The van der Waals surface area contributed by atoms with Gasteiger partial charge >= 0.3 is 0 Å². The predicted molar refractivity (Wildman–Crippen MR) is 68.9 cm³/mol. The van der Waals surface area contributed by atoms with E-state index in [1.54, 1.807) is 0 Å². The van der Waals surface area contributed by atoms with Crippen LogP contribution in [0.25, 0.3) is 0 Å². The standard InChI is InChI=1S/C13H25N3O/c1-11(2)15-7-3-12(4-8-15)16-9-5-13(17)14-6-10-16/h11-12H,3-10H2,1-2H3,(H,14,17). The Bertz CT molecular complexity index is 259. The van der Waals surface area contributed by atoms with Crippen LogP contribution in [0.2, 0.25) is 0 Å². The fourth-order valence-corrected chi connectivity index (χ4v) is 2.92. The van der Waals surface area contributed by atoms with Crippen molar-refractivity contribution in [2.45, 2.75) is 45.2 Å². The zero-order valence-corrected chi connectivity index (χ0v) is 11.1. The molecule has 0 radical (unpaired) electrons. The Morgan fingerprint density at radius 1 is 1.18 bits per heavy atom. The van der Waals surface area contributed by atoms with E-state index in [1.807, 2.05) is 0 Å². The largest absolute Gasteiger partial charge is 0.355 e. The first-order valence-electron chi connectivity index (χ1n) is 6.91. The lowest BCUT2D eigenvalue weighted by Gasteiger charge is -2.39. The lowest BCUT2D eigenvalue weighted by atomic mass is 10.0. The first-order valence-corrected chi connectivity index (χ1v) is 6.91. The Balaban J connectivity index is 1.81. The number of hydrogen-bond acceptors (Lipinski definition) is 3. The number of carbonyl (C=O) groups is 1. The van der Waals surface area contributed by atoms with E-state index >= 15 is 0 Å². The van der Waals surface area contributed by atoms with Gasteiger partial charge in [0.15, 0.2) is 0 Å². The SMILES string of the molecule is CC(C)N1CCC(N2CCNC(=O)CC2)CC1. The lowest BCUT2D eigenvalue weighted by Crippen LogP contribution is -2.47. The van der Waals surface area contributed by atoms with Gasteiger partial charge in [0.05, 0.1) is 0 Å². The molecule has 98 valence electrons. The molecule has 0 aromatic heterocycles. The Hall–Kier alpha value is -0.610. The molecule has 0 aromatic carbocycles. The topological polar surface area (TPSA) is 35.6 Å². The summed E-state index contributed by atoms with van der Waals surface area (Å²) in [7, 11) is 0. The van der Waals surface area contributed by atoms with Gasteiger partial charge in [-0.2, -0.15) is 0 Å². The maximum Gasteiger partial charge on any atom is 0.221 e. The highest BCUT2D eigenvalue weighted by Gasteiger charge is 2.26. The van der Waals surface area contributed by atoms with Crippen LogP contribution in [-0.2, 0) is 4.79 Å². The zero-order valence-electron chi connectivity index (χ0n) is 11.1. The van der Waals surface area contributed by atoms with E-state index < -0.39 is 0 Å². The highest BCUT2D eigenvalue weighted by atomic mass is 16.1. The predicted octanol–water partition coefficient (Wildman–Crippen LogP) is 0.681. The fourth-order valence-electron chi connectivity index (χ4n) is 2.92. The molecule has 0 unspecified atom stereocenters. The zero-order chi connectivity index (χ0) is 12.3. The monoisotopic (exact) mass is 239 g/mol. The van der Waals surface area contributed by atoms with Gasteiger partial charge in [-0.1, -0.05) is 0 Å². The van der Waals surface area contributed by atoms with Crippen LogP contribution in [0.15, 0.2) is 0 Å². The molecule has 0 bridgehead atoms. The van der Waals surface area contributed by atoms with E-state index in [0.29, 0.717) is 18.5 Å². The average molecular weight is 239 g/mol. The van der Waals surface area contributed by atoms with Crippen molar-refractivity contribution >= 4 is 5.91 Å². The Morgan fingerprint density at radius 2 is 1.88 bits per heavy atom. The molecule has 1 amide bonds. The van der Waals surface area contributed by atoms with Crippen LogP contribution in [0.4, 0.5) is 0 Å². The van der Waals surface area contributed by atoms with E-state index in [4.69, 9.17) is 0 Å². The molecule has 2 rings (SSSR count). The van der Waals surface area contributed by atoms with Crippen molar-refractivity contribution in [3.8, 4) is 0 Å². The Morgan fingerprint density at radius 3 is 2.53 bits per heavy atom. The number of likely N-dealkylation sites (tertiary alicyclic amines) is 1. The minimum absolute atomic E-state index is 0.215. The third-order valence-electron chi connectivity index (χ3n) is 4.09. The molecule has 1 N–H and O–H groups in total. The van der Waals surface area contributed by atoms with E-state index in [9.17, 15) is 4.79 Å². The maximum absolute atomic E-state index is 11.3. The molecule has 0 atom stereocenters. The van der Waals surface area contributed by atoms with Gasteiger partial charge in [0.25, 0.3) is 0 Å². The van der Waals surface area contributed by atoms with Crippen molar-refractivity contribution in [2.24, 2.45) is 0 Å². The van der Waals surface area contributed by atoms with Crippen molar-refractivity contribution < 1.29 is 4.79 Å². The molecule has 2 saturated heterocycles. The number of hydrogen-bond donors (Lipinski definition) is 1. The lowest BCUT2D eigenvalue weighted by molar-refractivity contribution is -0.120. The molecule has 0 saturated carbocycles. The number of nitrogens with one attached hydrogen (secondary N) is 1. The summed E-state index contributed by atoms with van der Waals surface area (Å²) in [4.78, 5) is 16.4. The van der Waals surface area contributed by atoms with Gasteiger partial charge < -0.3 is 10.2 Å². The number of piperidine rings is 1. The third-order valence-corrected chi connectivity index (χ3v) is 4.09. The van der Waals surface area contributed by atoms with Gasteiger partial charge in [0, 0.05) is 38.1 Å². The molecular weight excluding hydrogens is 214 g/mol. The van der Waals surface area contributed by atoms with Gasteiger partial charge in [-0.25, -0.2) is 0 Å². The average Bonchev–Trinajstić information content (AvgIpc) is 2.54. The van der Waals surface area contributed by atoms with Crippen LogP contribution >= 0.6 is 0 Å². The summed E-state index contributed by atoms with van der Waals surface area (Å²) in [5, 5.41) is 2.95. The van der Waals surface area contributed by atoms with Crippen LogP contribution in [0, 0.1) is 0 Å². The van der Waals surface area contributed by atoms with E-state index in [2.05, 4.69) is 29.0 Å². The Kier molecular flexibility index (Phi) is 4.40. The molecule has 4 heteroatoms. The molecule has 0 spiro atoms. The van der Waals surface area contributed by atoms with Gasteiger partial charge in [-0.15, -0.1) is 0 Å². The molecule has 2 aliphatic rings. The first-order chi connectivity index (χ1) is 8.16. The smallest absolute Gasteiger partial charge is 0.221 e. The van der Waals surface area contributed by atoms with Gasteiger partial charge in [-0.05, 0) is 39.8 Å². The second kappa shape index (κ2) is 5.83. The highest BCUT2D eigenvalue weighted by Crippen LogP contribution is 2.18. The van der Waals surface area contributed by atoms with Crippen LogP contribution in [-0.4, -0.2) is 60.5 Å². The summed E-state index contributed by atoms with van der Waals surface area (Å²) in [5.74, 6) is 0.215.